The SMILES string of the molecule is COc1c(C)cnc(CN2N=C3CC(NCCC(C)C)C4=C3C(=N2)C(N)=NSC4)c1C. The molecule has 0 fully saturated rings. The van der Waals surface area contributed by atoms with Crippen molar-refractivity contribution in [2.45, 2.75) is 53.1 Å². The van der Waals surface area contributed by atoms with E-state index in [1.54, 1.807) is 12.2 Å². The first-order chi connectivity index (χ1) is 14.9. The highest BCUT2D eigenvalue weighted by Crippen LogP contribution is 2.34. The molecule has 0 amide bonds. The van der Waals surface area contributed by atoms with Gasteiger partial charge in [-0.1, -0.05) is 13.8 Å². The molecule has 166 valence electrons. The second-order valence-corrected chi connectivity index (χ2v) is 9.34. The molecule has 8 nitrogen and oxygen atoms in total. The van der Waals surface area contributed by atoms with Crippen LogP contribution >= 0.6 is 11.9 Å². The van der Waals surface area contributed by atoms with Gasteiger partial charge in [-0.05, 0) is 50.3 Å². The highest BCUT2D eigenvalue weighted by Gasteiger charge is 2.38. The third-order valence-electron chi connectivity index (χ3n) is 5.90. The minimum absolute atomic E-state index is 0.255. The fourth-order valence-electron chi connectivity index (χ4n) is 4.23. The Labute approximate surface area is 188 Å². The van der Waals surface area contributed by atoms with Crippen LogP contribution in [0.5, 0.6) is 5.75 Å². The number of nitrogens with one attached hydrogen (secondary N) is 1. The Hall–Kier alpha value is -2.39. The Morgan fingerprint density at radius 1 is 1.32 bits per heavy atom. The molecule has 0 saturated carbocycles. The zero-order valence-corrected chi connectivity index (χ0v) is 19.7. The van der Waals surface area contributed by atoms with Crippen molar-refractivity contribution < 1.29 is 4.74 Å². The maximum atomic E-state index is 6.30. The van der Waals surface area contributed by atoms with Crippen molar-refractivity contribution in [3.8, 4) is 5.75 Å². The third kappa shape index (κ3) is 4.34. The number of pyridine rings is 1. The fraction of sp³-hybridized carbons (Fsp3) is 0.545. The Bertz CT molecular complexity index is 996. The number of amidine groups is 1. The molecular formula is C22H31N7OS. The lowest BCUT2D eigenvalue weighted by Crippen LogP contribution is -2.34. The van der Waals surface area contributed by atoms with Gasteiger partial charge in [0.25, 0.3) is 0 Å². The quantitative estimate of drug-likeness (QED) is 0.631. The smallest absolute Gasteiger partial charge is 0.160 e. The summed E-state index contributed by atoms with van der Waals surface area (Å²) >= 11 is 1.49. The molecular weight excluding hydrogens is 410 g/mol. The van der Waals surface area contributed by atoms with Crippen LogP contribution in [-0.4, -0.2) is 52.8 Å². The number of nitrogens with two attached hydrogens (primary N) is 1. The molecule has 0 aromatic carbocycles. The zero-order chi connectivity index (χ0) is 22.1. The van der Waals surface area contributed by atoms with Gasteiger partial charge in [0, 0.05) is 41.1 Å². The highest BCUT2D eigenvalue weighted by atomic mass is 32.2. The summed E-state index contributed by atoms with van der Waals surface area (Å²) in [5, 5.41) is 15.1. The third-order valence-corrected chi connectivity index (χ3v) is 6.66. The molecule has 1 aromatic heterocycles. The van der Waals surface area contributed by atoms with Gasteiger partial charge >= 0.3 is 0 Å². The number of aryl methyl sites for hydroxylation is 1. The summed E-state index contributed by atoms with van der Waals surface area (Å²) in [5.74, 6) is 2.79. The van der Waals surface area contributed by atoms with Gasteiger partial charge in [0.2, 0.25) is 0 Å². The number of hydrogen-bond acceptors (Lipinski definition) is 9. The van der Waals surface area contributed by atoms with Gasteiger partial charge in [0.15, 0.2) is 5.84 Å². The van der Waals surface area contributed by atoms with E-state index in [4.69, 9.17) is 20.7 Å². The van der Waals surface area contributed by atoms with E-state index >= 15 is 0 Å². The van der Waals surface area contributed by atoms with Crippen LogP contribution in [0.25, 0.3) is 0 Å². The maximum absolute atomic E-state index is 6.30. The molecule has 3 aliphatic rings. The summed E-state index contributed by atoms with van der Waals surface area (Å²) < 4.78 is 10.0. The fourth-order valence-corrected chi connectivity index (χ4v) is 5.00. The van der Waals surface area contributed by atoms with E-state index in [9.17, 15) is 0 Å². The molecule has 9 heteroatoms. The van der Waals surface area contributed by atoms with E-state index in [1.807, 2.05) is 20.0 Å². The second-order valence-electron chi connectivity index (χ2n) is 8.62. The monoisotopic (exact) mass is 441 g/mol. The molecule has 0 radical (unpaired) electrons. The van der Waals surface area contributed by atoms with Crippen molar-refractivity contribution in [2.24, 2.45) is 26.3 Å². The van der Waals surface area contributed by atoms with E-state index in [0.29, 0.717) is 18.3 Å². The number of ether oxygens (including phenoxy) is 1. The van der Waals surface area contributed by atoms with Crippen LogP contribution in [0.15, 0.2) is 31.9 Å². The summed E-state index contributed by atoms with van der Waals surface area (Å²) in [5.41, 5.74) is 13.3. The molecule has 3 heterocycles. The molecule has 2 aliphatic heterocycles. The lowest BCUT2D eigenvalue weighted by Gasteiger charge is -2.23. The normalized spacial score (nSPS) is 20.4. The molecule has 1 atom stereocenters. The predicted molar refractivity (Wildman–Crippen MR) is 128 cm³/mol. The van der Waals surface area contributed by atoms with Crippen molar-refractivity contribution in [3.63, 3.8) is 0 Å². The van der Waals surface area contributed by atoms with Crippen molar-refractivity contribution in [1.82, 2.24) is 15.4 Å². The Morgan fingerprint density at radius 2 is 2.13 bits per heavy atom. The van der Waals surface area contributed by atoms with Crippen molar-refractivity contribution in [3.05, 3.63) is 34.2 Å². The summed E-state index contributed by atoms with van der Waals surface area (Å²) in [6.45, 7) is 9.94. The van der Waals surface area contributed by atoms with Crippen LogP contribution < -0.4 is 15.8 Å². The number of rotatable bonds is 7. The number of aromatic nitrogens is 1. The van der Waals surface area contributed by atoms with Gasteiger partial charge in [-0.15, -0.1) is 0 Å². The maximum Gasteiger partial charge on any atom is 0.160 e. The van der Waals surface area contributed by atoms with Crippen LogP contribution in [0.2, 0.25) is 0 Å². The lowest BCUT2D eigenvalue weighted by molar-refractivity contribution is 0.288. The van der Waals surface area contributed by atoms with Crippen molar-refractivity contribution in [2.75, 3.05) is 19.4 Å². The van der Waals surface area contributed by atoms with Crippen LogP contribution in [0.1, 0.15) is 43.5 Å². The molecule has 3 N–H and O–H groups in total. The van der Waals surface area contributed by atoms with Gasteiger partial charge < -0.3 is 15.8 Å². The standard InChI is InChI=1S/C22H31N7OS/c1-12(2)6-7-24-16-8-17-19-15(16)11-31-28-22(23)20(19)27-29(26-17)10-18-14(4)21(30-5)13(3)9-25-18/h9,12,16,24H,6-8,10-11H2,1-5H3,(H2,23,28). The Kier molecular flexibility index (Phi) is 6.34. The molecule has 1 unspecified atom stereocenters. The number of hydrogen-bond donors (Lipinski definition) is 2. The predicted octanol–water partition coefficient (Wildman–Crippen LogP) is 2.96. The van der Waals surface area contributed by atoms with Gasteiger partial charge in [-0.25, -0.2) is 0 Å². The highest BCUT2D eigenvalue weighted by molar-refractivity contribution is 7.98. The van der Waals surface area contributed by atoms with E-state index in [-0.39, 0.29) is 6.04 Å². The second kappa shape index (κ2) is 9.00. The number of methoxy groups -OCH3 is 1. The van der Waals surface area contributed by atoms with Gasteiger partial charge in [0.05, 0.1) is 18.5 Å². The van der Waals surface area contributed by atoms with Gasteiger partial charge in [0.1, 0.15) is 18.0 Å². The summed E-state index contributed by atoms with van der Waals surface area (Å²) in [6, 6.07) is 0.255. The number of hydrazone groups is 2. The first-order valence-electron chi connectivity index (χ1n) is 10.7. The van der Waals surface area contributed by atoms with Gasteiger partial charge in [-0.3, -0.25) is 4.98 Å². The molecule has 0 bridgehead atoms. The lowest BCUT2D eigenvalue weighted by atomic mass is 10.0. The number of nitrogens with zero attached hydrogens (tertiary/aromatic N) is 5. The van der Waals surface area contributed by atoms with E-state index < -0.39 is 0 Å². The molecule has 31 heavy (non-hydrogen) atoms. The van der Waals surface area contributed by atoms with Crippen LogP contribution in [0, 0.1) is 19.8 Å². The Balaban J connectivity index is 1.63. The zero-order valence-electron chi connectivity index (χ0n) is 18.9. The Morgan fingerprint density at radius 3 is 2.87 bits per heavy atom. The molecule has 0 spiro atoms. The summed E-state index contributed by atoms with van der Waals surface area (Å²) in [4.78, 5) is 4.61. The average Bonchev–Trinajstić information content (AvgIpc) is 2.97. The molecule has 0 saturated heterocycles. The minimum Gasteiger partial charge on any atom is -0.496 e. The topological polar surface area (TPSA) is 100 Å². The first kappa shape index (κ1) is 21.8. The van der Waals surface area contributed by atoms with E-state index in [2.05, 4.69) is 28.5 Å². The van der Waals surface area contributed by atoms with Crippen LogP contribution in [0.4, 0.5) is 0 Å². The minimum atomic E-state index is 0.255. The van der Waals surface area contributed by atoms with Crippen molar-refractivity contribution >= 4 is 29.2 Å². The van der Waals surface area contributed by atoms with Gasteiger partial charge in [-0.2, -0.15) is 19.7 Å². The van der Waals surface area contributed by atoms with E-state index in [0.717, 1.165) is 64.7 Å². The molecule has 1 aromatic rings. The van der Waals surface area contributed by atoms with Crippen LogP contribution in [-0.2, 0) is 6.54 Å². The summed E-state index contributed by atoms with van der Waals surface area (Å²) in [6.07, 6.45) is 3.82. The van der Waals surface area contributed by atoms with E-state index in [1.165, 1.54) is 17.5 Å². The molecule has 4 rings (SSSR count). The van der Waals surface area contributed by atoms with Crippen LogP contribution in [0.3, 0.4) is 0 Å². The largest absolute Gasteiger partial charge is 0.496 e. The summed E-state index contributed by atoms with van der Waals surface area (Å²) in [7, 11) is 1.68. The average molecular weight is 442 g/mol. The van der Waals surface area contributed by atoms with Crippen molar-refractivity contribution in [1.29, 1.82) is 0 Å². The first-order valence-corrected chi connectivity index (χ1v) is 11.7. The molecule has 1 aliphatic carbocycles.